The minimum atomic E-state index is -3.57. The molecule has 2 saturated carbocycles. The SMILES string of the molecule is CC(C(=O)n1cnc(S(=O)(=O)C2CC3CCC2C3)n1)c1ccccc1. The second kappa shape index (κ2) is 6.05. The smallest absolute Gasteiger partial charge is 0.267 e. The van der Waals surface area contributed by atoms with Crippen LogP contribution in [0.4, 0.5) is 0 Å². The van der Waals surface area contributed by atoms with Crippen molar-refractivity contribution in [3.8, 4) is 0 Å². The van der Waals surface area contributed by atoms with E-state index in [-0.39, 0.29) is 22.2 Å². The molecule has 0 N–H and O–H groups in total. The quantitative estimate of drug-likeness (QED) is 0.838. The van der Waals surface area contributed by atoms with Gasteiger partial charge < -0.3 is 0 Å². The Labute approximate surface area is 147 Å². The van der Waals surface area contributed by atoms with E-state index in [1.165, 1.54) is 6.33 Å². The van der Waals surface area contributed by atoms with E-state index in [2.05, 4.69) is 10.1 Å². The maximum Gasteiger partial charge on any atom is 0.267 e. The Balaban J connectivity index is 1.57. The minimum absolute atomic E-state index is 0.210. The largest absolute Gasteiger partial charge is 0.272 e. The van der Waals surface area contributed by atoms with Crippen LogP contribution in [0.3, 0.4) is 0 Å². The fraction of sp³-hybridized carbons (Fsp3) is 0.500. The molecule has 0 amide bonds. The van der Waals surface area contributed by atoms with E-state index in [1.54, 1.807) is 6.92 Å². The molecule has 4 unspecified atom stereocenters. The standard InChI is InChI=1S/C18H21N3O3S/c1-12(14-5-3-2-4-6-14)17(22)21-11-19-18(20-21)25(23,24)16-10-13-7-8-15(16)9-13/h2-6,11-13,15-16H,7-10H2,1H3. The summed E-state index contributed by atoms with van der Waals surface area (Å²) in [5.41, 5.74) is 0.862. The number of nitrogens with zero attached hydrogens (tertiary/aromatic N) is 3. The highest BCUT2D eigenvalue weighted by molar-refractivity contribution is 7.91. The average Bonchev–Trinajstić information content (AvgIpc) is 3.37. The zero-order valence-electron chi connectivity index (χ0n) is 14.1. The lowest BCUT2D eigenvalue weighted by molar-refractivity contribution is 0.0866. The summed E-state index contributed by atoms with van der Waals surface area (Å²) in [4.78, 5) is 16.6. The van der Waals surface area contributed by atoms with Gasteiger partial charge in [-0.25, -0.2) is 13.4 Å². The lowest BCUT2D eigenvalue weighted by atomic mass is 10.0. The number of hydrogen-bond acceptors (Lipinski definition) is 5. The van der Waals surface area contributed by atoms with Gasteiger partial charge in [-0.15, -0.1) is 5.10 Å². The van der Waals surface area contributed by atoms with E-state index in [9.17, 15) is 13.2 Å². The first-order chi connectivity index (χ1) is 12.0. The molecule has 0 aliphatic heterocycles. The van der Waals surface area contributed by atoms with Crippen LogP contribution in [0.5, 0.6) is 0 Å². The van der Waals surface area contributed by atoms with Gasteiger partial charge in [0.25, 0.3) is 11.1 Å². The Morgan fingerprint density at radius 3 is 2.60 bits per heavy atom. The number of fused-ring (bicyclic) bond motifs is 2. The van der Waals surface area contributed by atoms with Crippen LogP contribution in [-0.4, -0.2) is 34.3 Å². The van der Waals surface area contributed by atoms with Gasteiger partial charge in [0.05, 0.1) is 11.2 Å². The molecule has 2 aliphatic rings. The van der Waals surface area contributed by atoms with E-state index in [0.29, 0.717) is 12.3 Å². The van der Waals surface area contributed by atoms with Gasteiger partial charge in [0.15, 0.2) is 0 Å². The summed E-state index contributed by atoms with van der Waals surface area (Å²) in [6.45, 7) is 1.78. The van der Waals surface area contributed by atoms with Crippen molar-refractivity contribution in [1.29, 1.82) is 0 Å². The lowest BCUT2D eigenvalue weighted by Gasteiger charge is -2.19. The van der Waals surface area contributed by atoms with E-state index < -0.39 is 15.8 Å². The first kappa shape index (κ1) is 16.4. The monoisotopic (exact) mass is 359 g/mol. The Morgan fingerprint density at radius 1 is 1.20 bits per heavy atom. The summed E-state index contributed by atoms with van der Waals surface area (Å²) in [6, 6.07) is 9.35. The number of aromatic nitrogens is 3. The molecule has 1 aromatic carbocycles. The van der Waals surface area contributed by atoms with E-state index >= 15 is 0 Å². The molecule has 0 spiro atoms. The maximum absolute atomic E-state index is 12.9. The summed E-state index contributed by atoms with van der Waals surface area (Å²) in [6.07, 6.45) is 5.03. The molecule has 25 heavy (non-hydrogen) atoms. The average molecular weight is 359 g/mol. The molecule has 6 nitrogen and oxygen atoms in total. The summed E-state index contributed by atoms with van der Waals surface area (Å²) >= 11 is 0. The topological polar surface area (TPSA) is 81.9 Å². The molecule has 2 bridgehead atoms. The minimum Gasteiger partial charge on any atom is -0.272 e. The summed E-state index contributed by atoms with van der Waals surface area (Å²) < 4.78 is 26.8. The molecule has 7 heteroatoms. The Hall–Kier alpha value is -2.02. The molecule has 1 heterocycles. The van der Waals surface area contributed by atoms with E-state index in [0.717, 1.165) is 29.5 Å². The normalized spacial score (nSPS) is 26.7. The van der Waals surface area contributed by atoms with Crippen molar-refractivity contribution in [1.82, 2.24) is 14.8 Å². The molecule has 0 radical (unpaired) electrons. The van der Waals surface area contributed by atoms with Crippen molar-refractivity contribution in [3.63, 3.8) is 0 Å². The summed E-state index contributed by atoms with van der Waals surface area (Å²) in [7, 11) is -3.57. The van der Waals surface area contributed by atoms with Gasteiger partial charge in [-0.3, -0.25) is 4.79 Å². The zero-order chi connectivity index (χ0) is 17.6. The lowest BCUT2D eigenvalue weighted by Crippen LogP contribution is -2.28. The second-order valence-corrected chi connectivity index (χ2v) is 9.26. The Bertz CT molecular complexity index is 891. The third-order valence-corrected chi connectivity index (χ3v) is 7.76. The number of rotatable bonds is 4. The van der Waals surface area contributed by atoms with Gasteiger partial charge in [-0.2, -0.15) is 4.68 Å². The molecule has 1 aromatic heterocycles. The van der Waals surface area contributed by atoms with Crippen molar-refractivity contribution < 1.29 is 13.2 Å². The van der Waals surface area contributed by atoms with Gasteiger partial charge in [0.2, 0.25) is 9.84 Å². The van der Waals surface area contributed by atoms with E-state index in [1.807, 2.05) is 30.3 Å². The van der Waals surface area contributed by atoms with Crippen LogP contribution < -0.4 is 0 Å². The molecule has 2 fully saturated rings. The van der Waals surface area contributed by atoms with Gasteiger partial charge in [-0.05, 0) is 43.6 Å². The molecule has 132 valence electrons. The van der Waals surface area contributed by atoms with Gasteiger partial charge in [0, 0.05) is 0 Å². The Morgan fingerprint density at radius 2 is 1.96 bits per heavy atom. The summed E-state index contributed by atoms with van der Waals surface area (Å²) in [5.74, 6) is 0.0431. The van der Waals surface area contributed by atoms with Gasteiger partial charge in [0.1, 0.15) is 6.33 Å². The van der Waals surface area contributed by atoms with Crippen molar-refractivity contribution >= 4 is 15.7 Å². The third-order valence-electron chi connectivity index (χ3n) is 5.69. The molecule has 4 rings (SSSR count). The number of benzene rings is 1. The van der Waals surface area contributed by atoms with Crippen LogP contribution in [0.2, 0.25) is 0 Å². The molecule has 0 saturated heterocycles. The van der Waals surface area contributed by atoms with Crippen LogP contribution >= 0.6 is 0 Å². The predicted molar refractivity (Wildman–Crippen MR) is 91.9 cm³/mol. The highest BCUT2D eigenvalue weighted by Gasteiger charge is 2.47. The van der Waals surface area contributed by atoms with Crippen molar-refractivity contribution in [2.24, 2.45) is 11.8 Å². The van der Waals surface area contributed by atoms with Crippen LogP contribution in [0.1, 0.15) is 48.9 Å². The van der Waals surface area contributed by atoms with Crippen LogP contribution in [0, 0.1) is 11.8 Å². The van der Waals surface area contributed by atoms with Crippen molar-refractivity contribution in [2.45, 2.75) is 48.9 Å². The highest BCUT2D eigenvalue weighted by atomic mass is 32.2. The fourth-order valence-corrected chi connectivity index (χ4v) is 6.21. The number of carbonyl (C=O) groups excluding carboxylic acids is 1. The van der Waals surface area contributed by atoms with Crippen LogP contribution in [-0.2, 0) is 9.84 Å². The van der Waals surface area contributed by atoms with Crippen LogP contribution in [0.25, 0.3) is 0 Å². The number of carbonyl (C=O) groups is 1. The molecule has 4 atom stereocenters. The first-order valence-corrected chi connectivity index (χ1v) is 10.3. The fourth-order valence-electron chi connectivity index (χ4n) is 4.27. The van der Waals surface area contributed by atoms with Crippen molar-refractivity contribution in [2.75, 3.05) is 0 Å². The van der Waals surface area contributed by atoms with Crippen LogP contribution in [0.15, 0.2) is 41.8 Å². The number of sulfone groups is 1. The maximum atomic E-state index is 12.9. The van der Waals surface area contributed by atoms with Crippen molar-refractivity contribution in [3.05, 3.63) is 42.2 Å². The summed E-state index contributed by atoms with van der Waals surface area (Å²) in [5, 5.41) is 3.43. The zero-order valence-corrected chi connectivity index (χ0v) is 14.9. The number of hydrogen-bond donors (Lipinski definition) is 0. The third kappa shape index (κ3) is 2.80. The highest BCUT2D eigenvalue weighted by Crippen LogP contribution is 2.48. The molecular formula is C18H21N3O3S. The van der Waals surface area contributed by atoms with Gasteiger partial charge in [-0.1, -0.05) is 36.8 Å². The second-order valence-electron chi connectivity index (χ2n) is 7.20. The molecule has 2 aromatic rings. The molecular weight excluding hydrogens is 338 g/mol. The first-order valence-electron chi connectivity index (χ1n) is 8.71. The van der Waals surface area contributed by atoms with Gasteiger partial charge >= 0.3 is 0 Å². The van der Waals surface area contributed by atoms with E-state index in [4.69, 9.17) is 0 Å². The Kier molecular flexibility index (Phi) is 3.98. The predicted octanol–water partition coefficient (Wildman–Crippen LogP) is 2.68. The molecule has 2 aliphatic carbocycles.